The topological polar surface area (TPSA) is 33.0 Å². The maximum atomic E-state index is 11.9. The van der Waals surface area contributed by atoms with E-state index < -0.39 is 0 Å². The van der Waals surface area contributed by atoms with E-state index in [0.29, 0.717) is 6.42 Å². The van der Waals surface area contributed by atoms with Crippen molar-refractivity contribution in [3.8, 4) is 0 Å². The van der Waals surface area contributed by atoms with Gasteiger partial charge in [-0.1, -0.05) is 12.1 Å². The van der Waals surface area contributed by atoms with Gasteiger partial charge in [-0.3, -0.25) is 4.79 Å². The number of nitrogens with one attached hydrogen (secondary N) is 1. The van der Waals surface area contributed by atoms with Crippen LogP contribution in [0.25, 0.3) is 0 Å². The summed E-state index contributed by atoms with van der Waals surface area (Å²) in [6.45, 7) is 5.09. The van der Waals surface area contributed by atoms with Crippen LogP contribution in [0.15, 0.2) is 48.8 Å². The Morgan fingerprint density at radius 1 is 1.05 bits per heavy atom. The molecular formula is C18H23BrN2O. The number of anilines is 1. The Balaban J connectivity index is 0.00000242. The van der Waals surface area contributed by atoms with Gasteiger partial charge in [0.25, 0.3) is 0 Å². The minimum Gasteiger partial charge on any atom is -1.00 e. The second-order valence-corrected chi connectivity index (χ2v) is 5.42. The zero-order chi connectivity index (χ0) is 15.1. The van der Waals surface area contributed by atoms with Crippen LogP contribution in [0.4, 0.5) is 5.69 Å². The molecule has 1 N–H and O–H groups in total. The molecule has 0 unspecified atom stereocenters. The summed E-state index contributed by atoms with van der Waals surface area (Å²) in [6.07, 6.45) is 6.58. The van der Waals surface area contributed by atoms with Gasteiger partial charge in [0.15, 0.2) is 12.4 Å². The Morgan fingerprint density at radius 3 is 2.45 bits per heavy atom. The average molecular weight is 363 g/mol. The van der Waals surface area contributed by atoms with Crippen LogP contribution >= 0.6 is 0 Å². The van der Waals surface area contributed by atoms with Crippen molar-refractivity contribution in [3.63, 3.8) is 0 Å². The number of hydrogen-bond acceptors (Lipinski definition) is 1. The minimum atomic E-state index is 0. The molecule has 1 heterocycles. The second-order valence-electron chi connectivity index (χ2n) is 5.42. The van der Waals surface area contributed by atoms with E-state index in [1.54, 1.807) is 0 Å². The summed E-state index contributed by atoms with van der Waals surface area (Å²) in [5.74, 6) is 0.0938. The molecule has 4 heteroatoms. The number of aryl methyl sites for hydroxylation is 3. The first-order chi connectivity index (χ1) is 10.1. The monoisotopic (exact) mass is 362 g/mol. The summed E-state index contributed by atoms with van der Waals surface area (Å²) in [5, 5.41) is 2.96. The highest BCUT2D eigenvalue weighted by atomic mass is 79.9. The van der Waals surface area contributed by atoms with Crippen LogP contribution in [-0.2, 0) is 11.3 Å². The van der Waals surface area contributed by atoms with Crippen molar-refractivity contribution in [1.29, 1.82) is 0 Å². The number of benzene rings is 1. The zero-order valence-electron chi connectivity index (χ0n) is 13.2. The third-order valence-corrected chi connectivity index (χ3v) is 3.64. The van der Waals surface area contributed by atoms with E-state index in [9.17, 15) is 4.79 Å². The van der Waals surface area contributed by atoms with Crippen LogP contribution in [0.3, 0.4) is 0 Å². The van der Waals surface area contributed by atoms with Crippen molar-refractivity contribution in [3.05, 3.63) is 59.9 Å². The van der Waals surface area contributed by atoms with Gasteiger partial charge in [0.2, 0.25) is 5.91 Å². The summed E-state index contributed by atoms with van der Waals surface area (Å²) in [5.41, 5.74) is 3.33. The summed E-state index contributed by atoms with van der Waals surface area (Å²) in [4.78, 5) is 11.9. The molecule has 0 saturated heterocycles. The van der Waals surface area contributed by atoms with E-state index in [1.165, 1.54) is 11.1 Å². The molecule has 0 saturated carbocycles. The molecule has 0 fully saturated rings. The molecule has 3 nitrogen and oxygen atoms in total. The average Bonchev–Trinajstić information content (AvgIpc) is 2.49. The van der Waals surface area contributed by atoms with Gasteiger partial charge in [0.05, 0.1) is 0 Å². The summed E-state index contributed by atoms with van der Waals surface area (Å²) >= 11 is 0. The number of carbonyl (C=O) groups excluding carboxylic acids is 1. The smallest absolute Gasteiger partial charge is 0.224 e. The molecule has 0 bridgehead atoms. The standard InChI is InChI=1S/C18H22N2O.BrH/c1-15-9-10-17(14-16(15)2)19-18(21)8-4-7-13-20-11-5-3-6-12-20;/h3,5-6,9-12,14H,4,7-8,13H2,1-2H3;1H. The number of amides is 1. The molecule has 0 aliphatic rings. The number of nitrogens with zero attached hydrogens (tertiary/aromatic N) is 1. The van der Waals surface area contributed by atoms with Crippen LogP contribution in [0, 0.1) is 13.8 Å². The Labute approximate surface area is 143 Å². The Hall–Kier alpha value is -1.68. The fraction of sp³-hybridized carbons (Fsp3) is 0.333. The maximum absolute atomic E-state index is 11.9. The summed E-state index contributed by atoms with van der Waals surface area (Å²) in [6, 6.07) is 12.1. The lowest BCUT2D eigenvalue weighted by Gasteiger charge is -2.07. The van der Waals surface area contributed by atoms with Crippen molar-refractivity contribution in [1.82, 2.24) is 0 Å². The van der Waals surface area contributed by atoms with E-state index >= 15 is 0 Å². The lowest BCUT2D eigenvalue weighted by Crippen LogP contribution is -3.00. The molecule has 22 heavy (non-hydrogen) atoms. The Kier molecular flexibility index (Phi) is 7.82. The van der Waals surface area contributed by atoms with Gasteiger partial charge >= 0.3 is 0 Å². The third kappa shape index (κ3) is 5.98. The number of pyridine rings is 1. The SMILES string of the molecule is Cc1ccc(NC(=O)CCCC[n+]2ccccc2)cc1C.[Br-]. The van der Waals surface area contributed by atoms with Crippen LogP contribution in [0.5, 0.6) is 0 Å². The van der Waals surface area contributed by atoms with Gasteiger partial charge < -0.3 is 22.3 Å². The number of halogens is 1. The molecule has 1 aromatic carbocycles. The first-order valence-corrected chi connectivity index (χ1v) is 7.46. The van der Waals surface area contributed by atoms with E-state index in [-0.39, 0.29) is 22.9 Å². The normalized spacial score (nSPS) is 9.91. The minimum absolute atomic E-state index is 0. The molecule has 0 atom stereocenters. The lowest BCUT2D eigenvalue weighted by atomic mass is 10.1. The number of rotatable bonds is 6. The van der Waals surface area contributed by atoms with Crippen molar-refractivity contribution in [2.45, 2.75) is 39.7 Å². The van der Waals surface area contributed by atoms with Crippen molar-refractivity contribution in [2.24, 2.45) is 0 Å². The van der Waals surface area contributed by atoms with Crippen LogP contribution in [0.2, 0.25) is 0 Å². The van der Waals surface area contributed by atoms with Crippen molar-refractivity contribution >= 4 is 11.6 Å². The number of hydrogen-bond donors (Lipinski definition) is 1. The first kappa shape index (κ1) is 18.4. The third-order valence-electron chi connectivity index (χ3n) is 3.64. The molecular weight excluding hydrogens is 340 g/mol. The fourth-order valence-electron chi connectivity index (χ4n) is 2.21. The molecule has 0 spiro atoms. The predicted molar refractivity (Wildman–Crippen MR) is 85.0 cm³/mol. The van der Waals surface area contributed by atoms with Gasteiger partial charge in [-0.05, 0) is 43.5 Å². The highest BCUT2D eigenvalue weighted by molar-refractivity contribution is 5.90. The molecule has 2 rings (SSSR count). The van der Waals surface area contributed by atoms with Crippen molar-refractivity contribution < 1.29 is 26.3 Å². The molecule has 1 aromatic heterocycles. The quantitative estimate of drug-likeness (QED) is 0.585. The Bertz CT molecular complexity index is 599. The Morgan fingerprint density at radius 2 is 1.77 bits per heavy atom. The molecule has 118 valence electrons. The zero-order valence-corrected chi connectivity index (χ0v) is 14.8. The van der Waals surface area contributed by atoms with E-state index in [1.807, 2.05) is 36.4 Å². The summed E-state index contributed by atoms with van der Waals surface area (Å²) < 4.78 is 2.14. The summed E-state index contributed by atoms with van der Waals surface area (Å²) in [7, 11) is 0. The largest absolute Gasteiger partial charge is 1.00 e. The number of unbranched alkanes of at least 4 members (excludes halogenated alkanes) is 1. The van der Waals surface area contributed by atoms with Gasteiger partial charge in [-0.25, -0.2) is 4.57 Å². The maximum Gasteiger partial charge on any atom is 0.224 e. The lowest BCUT2D eigenvalue weighted by molar-refractivity contribution is -0.697. The molecule has 2 aromatic rings. The van der Waals surface area contributed by atoms with Gasteiger partial charge in [-0.2, -0.15) is 0 Å². The van der Waals surface area contributed by atoms with Crippen LogP contribution in [-0.4, -0.2) is 5.91 Å². The number of carbonyl (C=O) groups is 1. The second kappa shape index (κ2) is 9.36. The number of aromatic nitrogens is 1. The van der Waals surface area contributed by atoms with E-state index in [0.717, 1.165) is 25.1 Å². The van der Waals surface area contributed by atoms with E-state index in [2.05, 4.69) is 36.1 Å². The predicted octanol–water partition coefficient (Wildman–Crippen LogP) is 0.404. The first-order valence-electron chi connectivity index (χ1n) is 7.46. The highest BCUT2D eigenvalue weighted by Crippen LogP contribution is 2.14. The van der Waals surface area contributed by atoms with Crippen LogP contribution < -0.4 is 26.9 Å². The molecule has 0 aliphatic heterocycles. The van der Waals surface area contributed by atoms with Gasteiger partial charge in [-0.15, -0.1) is 0 Å². The fourth-order valence-corrected chi connectivity index (χ4v) is 2.21. The molecule has 0 aliphatic carbocycles. The van der Waals surface area contributed by atoms with E-state index in [4.69, 9.17) is 0 Å². The highest BCUT2D eigenvalue weighted by Gasteiger charge is 2.05. The van der Waals surface area contributed by atoms with Gasteiger partial charge in [0, 0.05) is 30.7 Å². The molecule has 1 amide bonds. The van der Waals surface area contributed by atoms with Gasteiger partial charge in [0.1, 0.15) is 6.54 Å². The van der Waals surface area contributed by atoms with Crippen LogP contribution in [0.1, 0.15) is 30.4 Å². The van der Waals surface area contributed by atoms with Crippen molar-refractivity contribution in [2.75, 3.05) is 5.32 Å². The molecule has 0 radical (unpaired) electrons.